The molecule has 1 fully saturated rings. The van der Waals surface area contributed by atoms with E-state index in [9.17, 15) is 13.2 Å². The summed E-state index contributed by atoms with van der Waals surface area (Å²) in [5.74, 6) is -0.249. The van der Waals surface area contributed by atoms with Crippen molar-refractivity contribution in [3.8, 4) is 0 Å². The van der Waals surface area contributed by atoms with Crippen molar-refractivity contribution < 1.29 is 13.2 Å². The maximum Gasteiger partial charge on any atom is 0.232 e. The van der Waals surface area contributed by atoms with Gasteiger partial charge in [0.1, 0.15) is 11.0 Å². The molecule has 8 heteroatoms. The van der Waals surface area contributed by atoms with Crippen molar-refractivity contribution in [3.05, 3.63) is 22.8 Å². The third kappa shape index (κ3) is 3.58. The molecule has 19 heavy (non-hydrogen) atoms. The fourth-order valence-electron chi connectivity index (χ4n) is 2.04. The van der Waals surface area contributed by atoms with Crippen LogP contribution in [0.2, 0.25) is 5.15 Å². The van der Waals surface area contributed by atoms with Gasteiger partial charge in [-0.1, -0.05) is 17.7 Å². The van der Waals surface area contributed by atoms with Crippen LogP contribution in [0.5, 0.6) is 0 Å². The summed E-state index contributed by atoms with van der Waals surface area (Å²) in [7, 11) is 1.60. The van der Waals surface area contributed by atoms with Gasteiger partial charge in [-0.05, 0) is 18.6 Å². The Morgan fingerprint density at radius 3 is 2.74 bits per heavy atom. The van der Waals surface area contributed by atoms with Gasteiger partial charge in [-0.25, -0.2) is 13.4 Å². The van der Waals surface area contributed by atoms with Gasteiger partial charge in [-0.3, -0.25) is 9.69 Å². The topological polar surface area (TPSA) is 67.3 Å². The molecule has 0 aromatic carbocycles. The predicted octanol–water partition coefficient (Wildman–Crippen LogP) is 1.96. The molecule has 1 aliphatic rings. The minimum absolute atomic E-state index is 0.152. The van der Waals surface area contributed by atoms with Crippen LogP contribution in [-0.4, -0.2) is 31.6 Å². The zero-order valence-corrected chi connectivity index (χ0v) is 12.5. The number of nitrogens with zero attached hydrogens (tertiary/aromatic N) is 2. The molecule has 0 saturated carbocycles. The van der Waals surface area contributed by atoms with Gasteiger partial charge in [0.05, 0.1) is 5.75 Å². The number of hydrogen-bond donors (Lipinski definition) is 0. The summed E-state index contributed by atoms with van der Waals surface area (Å²) in [6.07, 6.45) is 0.152. The number of carbonyl (C=O) groups excluding carboxylic acids is 1. The van der Waals surface area contributed by atoms with E-state index in [1.165, 1.54) is 4.90 Å². The third-order valence-electron chi connectivity index (χ3n) is 2.94. The maximum absolute atomic E-state index is 11.9. The molecular formula is C11H12Cl2N2O3S. The van der Waals surface area contributed by atoms with Crippen LogP contribution in [0.25, 0.3) is 0 Å². The molecule has 1 aromatic rings. The highest BCUT2D eigenvalue weighted by Gasteiger charge is 2.33. The lowest BCUT2D eigenvalue weighted by molar-refractivity contribution is -0.117. The Morgan fingerprint density at radius 2 is 2.16 bits per heavy atom. The van der Waals surface area contributed by atoms with Crippen molar-refractivity contribution in [3.63, 3.8) is 0 Å². The van der Waals surface area contributed by atoms with E-state index in [2.05, 4.69) is 4.98 Å². The molecule has 5 nitrogen and oxygen atoms in total. The normalized spacial score (nSPS) is 20.1. The monoisotopic (exact) mass is 322 g/mol. The Kier molecular flexibility index (Phi) is 4.03. The highest BCUT2D eigenvalue weighted by molar-refractivity contribution is 8.13. The molecule has 1 unspecified atom stereocenters. The van der Waals surface area contributed by atoms with E-state index >= 15 is 0 Å². The maximum atomic E-state index is 11.9. The van der Waals surface area contributed by atoms with Crippen LogP contribution in [-0.2, 0) is 13.8 Å². The first-order valence-corrected chi connectivity index (χ1v) is 8.48. The summed E-state index contributed by atoms with van der Waals surface area (Å²) in [6, 6.07) is 3.46. The second kappa shape index (κ2) is 5.26. The van der Waals surface area contributed by atoms with Crippen LogP contribution in [0.15, 0.2) is 12.1 Å². The molecule has 0 aliphatic carbocycles. The molecule has 2 rings (SSSR count). The second-order valence-electron chi connectivity index (χ2n) is 4.56. The highest BCUT2D eigenvalue weighted by atomic mass is 35.7. The average molecular weight is 323 g/mol. The molecule has 1 aliphatic heterocycles. The van der Waals surface area contributed by atoms with Gasteiger partial charge in [0, 0.05) is 29.6 Å². The molecule has 1 atom stereocenters. The number of hydrogen-bond acceptors (Lipinski definition) is 4. The SMILES string of the molecule is Cc1ccc(N2CC(CS(=O)(=O)Cl)CC2=O)nc1Cl. The minimum Gasteiger partial charge on any atom is -0.296 e. The molecule has 1 aromatic heterocycles. The Bertz CT molecular complexity index is 618. The van der Waals surface area contributed by atoms with Gasteiger partial charge in [-0.15, -0.1) is 0 Å². The van der Waals surface area contributed by atoms with Crippen LogP contribution in [0.3, 0.4) is 0 Å². The van der Waals surface area contributed by atoms with Crippen molar-refractivity contribution in [2.45, 2.75) is 13.3 Å². The number of aromatic nitrogens is 1. The number of pyridine rings is 1. The molecule has 0 N–H and O–H groups in total. The van der Waals surface area contributed by atoms with Crippen molar-refractivity contribution in [1.29, 1.82) is 0 Å². The lowest BCUT2D eigenvalue weighted by Gasteiger charge is -2.16. The molecule has 0 bridgehead atoms. The first-order valence-electron chi connectivity index (χ1n) is 5.62. The number of carbonyl (C=O) groups is 1. The van der Waals surface area contributed by atoms with Gasteiger partial charge in [0.2, 0.25) is 15.0 Å². The van der Waals surface area contributed by atoms with Gasteiger partial charge < -0.3 is 0 Å². The van der Waals surface area contributed by atoms with Crippen LogP contribution < -0.4 is 4.90 Å². The first-order chi connectivity index (χ1) is 8.76. The summed E-state index contributed by atoms with van der Waals surface area (Å²) >= 11 is 5.92. The molecule has 1 saturated heterocycles. The quantitative estimate of drug-likeness (QED) is 0.630. The van der Waals surface area contributed by atoms with E-state index in [0.717, 1.165) is 5.56 Å². The number of anilines is 1. The fourth-order valence-corrected chi connectivity index (χ4v) is 3.51. The van der Waals surface area contributed by atoms with Gasteiger partial charge >= 0.3 is 0 Å². The summed E-state index contributed by atoms with van der Waals surface area (Å²) in [4.78, 5) is 17.4. The summed E-state index contributed by atoms with van der Waals surface area (Å²) in [5, 5.41) is 0.332. The number of rotatable bonds is 3. The molecule has 0 radical (unpaired) electrons. The number of halogens is 2. The zero-order valence-electron chi connectivity index (χ0n) is 10.1. The van der Waals surface area contributed by atoms with Crippen LogP contribution >= 0.6 is 22.3 Å². The largest absolute Gasteiger partial charge is 0.296 e. The number of amides is 1. The van der Waals surface area contributed by atoms with E-state index in [0.29, 0.717) is 11.0 Å². The Morgan fingerprint density at radius 1 is 1.47 bits per heavy atom. The summed E-state index contributed by atoms with van der Waals surface area (Å²) in [6.45, 7) is 2.10. The zero-order chi connectivity index (χ0) is 14.2. The van der Waals surface area contributed by atoms with Crippen molar-refractivity contribution in [2.75, 3.05) is 17.2 Å². The van der Waals surface area contributed by atoms with E-state index in [1.807, 2.05) is 6.92 Å². The van der Waals surface area contributed by atoms with Crippen LogP contribution in [0, 0.1) is 12.8 Å². The van der Waals surface area contributed by atoms with E-state index in [1.54, 1.807) is 12.1 Å². The van der Waals surface area contributed by atoms with Crippen LogP contribution in [0.4, 0.5) is 5.82 Å². The standard InChI is InChI=1S/C11H12Cl2N2O3S/c1-7-2-3-9(14-11(7)12)15-5-8(4-10(15)16)6-19(13,17)18/h2-3,8H,4-6H2,1H3. The number of aryl methyl sites for hydroxylation is 1. The lowest BCUT2D eigenvalue weighted by atomic mass is 10.1. The fraction of sp³-hybridized carbons (Fsp3) is 0.455. The summed E-state index contributed by atoms with van der Waals surface area (Å²) < 4.78 is 22.1. The average Bonchev–Trinajstić information content (AvgIpc) is 2.61. The smallest absolute Gasteiger partial charge is 0.232 e. The van der Waals surface area contributed by atoms with E-state index in [-0.39, 0.29) is 30.5 Å². The Hall–Kier alpha value is -0.850. The van der Waals surface area contributed by atoms with Crippen LogP contribution in [0.1, 0.15) is 12.0 Å². The van der Waals surface area contributed by atoms with Gasteiger partial charge in [0.25, 0.3) is 0 Å². The molecule has 104 valence electrons. The lowest BCUT2D eigenvalue weighted by Crippen LogP contribution is -2.26. The van der Waals surface area contributed by atoms with Crippen molar-refractivity contribution in [1.82, 2.24) is 4.98 Å². The summed E-state index contributed by atoms with van der Waals surface area (Å²) in [5.41, 5.74) is 0.817. The highest BCUT2D eigenvalue weighted by Crippen LogP contribution is 2.27. The minimum atomic E-state index is -3.60. The predicted molar refractivity (Wildman–Crippen MR) is 74.1 cm³/mol. The molecule has 2 heterocycles. The Balaban J connectivity index is 2.18. The third-order valence-corrected chi connectivity index (χ3v) is 4.57. The van der Waals surface area contributed by atoms with E-state index in [4.69, 9.17) is 22.3 Å². The first kappa shape index (κ1) is 14.6. The molecule has 1 amide bonds. The molecule has 0 spiro atoms. The van der Waals surface area contributed by atoms with E-state index < -0.39 is 9.05 Å². The Labute approximate surface area is 120 Å². The van der Waals surface area contributed by atoms with Crippen molar-refractivity contribution in [2.24, 2.45) is 5.92 Å². The van der Waals surface area contributed by atoms with Gasteiger partial charge in [-0.2, -0.15) is 0 Å². The molecular weight excluding hydrogens is 311 g/mol. The second-order valence-corrected chi connectivity index (χ2v) is 7.74. The van der Waals surface area contributed by atoms with Crippen molar-refractivity contribution >= 4 is 43.1 Å². The van der Waals surface area contributed by atoms with Gasteiger partial charge in [0.15, 0.2) is 0 Å².